The lowest BCUT2D eigenvalue weighted by Gasteiger charge is -2.32. The number of amides is 1. The van der Waals surface area contributed by atoms with Crippen LogP contribution in [0.5, 0.6) is 0 Å². The van der Waals surface area contributed by atoms with Crippen LogP contribution in [0.3, 0.4) is 0 Å². The summed E-state index contributed by atoms with van der Waals surface area (Å²) in [5.74, 6) is 0.0613. The van der Waals surface area contributed by atoms with Gasteiger partial charge in [0.15, 0.2) is 0 Å². The minimum Gasteiger partial charge on any atom is -0.384 e. The van der Waals surface area contributed by atoms with Crippen LogP contribution in [0.25, 0.3) is 0 Å². The molecule has 1 heterocycles. The zero-order chi connectivity index (χ0) is 16.0. The van der Waals surface area contributed by atoms with Crippen LogP contribution in [0.15, 0.2) is 35.2 Å². The number of hydrogen-bond donors (Lipinski definition) is 1. The topological polar surface area (TPSA) is 75.7 Å². The fraction of sp³-hybridized carbons (Fsp3) is 0.533. The van der Waals surface area contributed by atoms with Gasteiger partial charge in [0, 0.05) is 26.2 Å². The summed E-state index contributed by atoms with van der Waals surface area (Å²) < 4.78 is 32.1. The Morgan fingerprint density at radius 1 is 1.27 bits per heavy atom. The van der Waals surface area contributed by atoms with Gasteiger partial charge in [-0.3, -0.25) is 4.79 Å². The van der Waals surface area contributed by atoms with E-state index in [0.717, 1.165) is 0 Å². The van der Waals surface area contributed by atoms with Crippen molar-refractivity contribution in [1.29, 1.82) is 0 Å². The van der Waals surface area contributed by atoms with Crippen LogP contribution < -0.4 is 4.72 Å². The Kier molecular flexibility index (Phi) is 5.93. The molecule has 0 saturated carbocycles. The molecule has 7 heteroatoms. The quantitative estimate of drug-likeness (QED) is 0.846. The van der Waals surface area contributed by atoms with Gasteiger partial charge in [0.1, 0.15) is 0 Å². The van der Waals surface area contributed by atoms with Gasteiger partial charge >= 0.3 is 0 Å². The van der Waals surface area contributed by atoms with Gasteiger partial charge in [-0.05, 0) is 25.0 Å². The van der Waals surface area contributed by atoms with Gasteiger partial charge in [-0.1, -0.05) is 18.2 Å². The lowest BCUT2D eigenvalue weighted by Crippen LogP contribution is -2.46. The Morgan fingerprint density at radius 2 is 1.91 bits per heavy atom. The van der Waals surface area contributed by atoms with Gasteiger partial charge in [0.25, 0.3) is 0 Å². The highest BCUT2D eigenvalue weighted by molar-refractivity contribution is 7.89. The molecule has 1 aliphatic rings. The molecule has 0 atom stereocenters. The Morgan fingerprint density at radius 3 is 2.50 bits per heavy atom. The number of rotatable bonds is 6. The molecule has 22 heavy (non-hydrogen) atoms. The van der Waals surface area contributed by atoms with Gasteiger partial charge in [-0.25, -0.2) is 13.1 Å². The van der Waals surface area contributed by atoms with E-state index in [4.69, 9.17) is 4.74 Å². The van der Waals surface area contributed by atoms with E-state index in [1.807, 2.05) is 0 Å². The van der Waals surface area contributed by atoms with Crippen LogP contribution >= 0.6 is 0 Å². The average Bonchev–Trinajstić information content (AvgIpc) is 2.54. The third-order valence-electron chi connectivity index (χ3n) is 3.74. The van der Waals surface area contributed by atoms with Gasteiger partial charge in [0.2, 0.25) is 15.9 Å². The second-order valence-corrected chi connectivity index (χ2v) is 7.05. The first-order valence-corrected chi connectivity index (χ1v) is 8.85. The fourth-order valence-electron chi connectivity index (χ4n) is 2.48. The second-order valence-electron chi connectivity index (χ2n) is 5.33. The predicted molar refractivity (Wildman–Crippen MR) is 82.9 cm³/mol. The van der Waals surface area contributed by atoms with Crippen LogP contribution in [-0.2, 0) is 19.6 Å². The Bertz CT molecular complexity index is 581. The zero-order valence-corrected chi connectivity index (χ0v) is 13.5. The average molecular weight is 326 g/mol. The molecule has 0 unspecified atom stereocenters. The van der Waals surface area contributed by atoms with Crippen molar-refractivity contribution in [1.82, 2.24) is 9.62 Å². The monoisotopic (exact) mass is 326 g/mol. The molecule has 1 amide bonds. The first-order valence-electron chi connectivity index (χ1n) is 7.37. The molecular weight excluding hydrogens is 304 g/mol. The maximum atomic E-state index is 12.2. The third kappa shape index (κ3) is 4.53. The summed E-state index contributed by atoms with van der Waals surface area (Å²) in [5.41, 5.74) is 0. The molecule has 122 valence electrons. The van der Waals surface area contributed by atoms with Crippen LogP contribution in [0.4, 0.5) is 0 Å². The molecule has 0 radical (unpaired) electrons. The summed E-state index contributed by atoms with van der Waals surface area (Å²) in [6, 6.07) is 8.20. The molecule has 2 rings (SSSR count). The zero-order valence-electron chi connectivity index (χ0n) is 12.7. The molecular formula is C15H22N2O4S. The number of methoxy groups -OCH3 is 1. The van der Waals surface area contributed by atoms with Crippen molar-refractivity contribution in [3.63, 3.8) is 0 Å². The summed E-state index contributed by atoms with van der Waals surface area (Å²) in [6.07, 6.45) is 1.63. The fourth-order valence-corrected chi connectivity index (χ4v) is 3.81. The molecule has 1 fully saturated rings. The molecule has 1 aromatic rings. The van der Waals surface area contributed by atoms with E-state index in [9.17, 15) is 13.2 Å². The number of benzene rings is 1. The molecule has 1 N–H and O–H groups in total. The predicted octanol–water partition coefficient (Wildman–Crippen LogP) is 0.992. The molecule has 0 bridgehead atoms. The van der Waals surface area contributed by atoms with Crippen molar-refractivity contribution >= 4 is 15.9 Å². The second kappa shape index (κ2) is 7.71. The molecule has 1 aromatic carbocycles. The van der Waals surface area contributed by atoms with Crippen LogP contribution in [-0.4, -0.2) is 52.1 Å². The van der Waals surface area contributed by atoms with Crippen molar-refractivity contribution < 1.29 is 17.9 Å². The Hall–Kier alpha value is -1.44. The van der Waals surface area contributed by atoms with Crippen LogP contribution in [0.2, 0.25) is 0 Å². The van der Waals surface area contributed by atoms with E-state index in [2.05, 4.69) is 4.72 Å². The van der Waals surface area contributed by atoms with Gasteiger partial charge in [-0.15, -0.1) is 0 Å². The van der Waals surface area contributed by atoms with Crippen molar-refractivity contribution in [2.45, 2.75) is 30.2 Å². The van der Waals surface area contributed by atoms with E-state index in [1.165, 1.54) is 0 Å². The minimum atomic E-state index is -3.49. The number of carbonyl (C=O) groups excluding carboxylic acids is 1. The first-order chi connectivity index (χ1) is 10.5. The third-order valence-corrected chi connectivity index (χ3v) is 5.28. The van der Waals surface area contributed by atoms with Crippen molar-refractivity contribution in [3.8, 4) is 0 Å². The van der Waals surface area contributed by atoms with E-state index in [0.29, 0.717) is 39.0 Å². The Labute approximate surface area is 131 Å². The summed E-state index contributed by atoms with van der Waals surface area (Å²) in [7, 11) is -1.92. The highest BCUT2D eigenvalue weighted by atomic mass is 32.2. The minimum absolute atomic E-state index is 0.0613. The SMILES string of the molecule is COCCC(=O)N1CCC(NS(=O)(=O)c2ccccc2)CC1. The smallest absolute Gasteiger partial charge is 0.240 e. The number of ether oxygens (including phenoxy) is 1. The van der Waals surface area contributed by atoms with Gasteiger partial charge in [0.05, 0.1) is 17.9 Å². The highest BCUT2D eigenvalue weighted by Gasteiger charge is 2.26. The summed E-state index contributed by atoms with van der Waals surface area (Å²) in [4.78, 5) is 13.9. The van der Waals surface area contributed by atoms with Gasteiger partial charge < -0.3 is 9.64 Å². The lowest BCUT2D eigenvalue weighted by atomic mass is 10.1. The van der Waals surface area contributed by atoms with Crippen LogP contribution in [0, 0.1) is 0 Å². The van der Waals surface area contributed by atoms with E-state index in [1.54, 1.807) is 42.3 Å². The lowest BCUT2D eigenvalue weighted by molar-refractivity contribution is -0.133. The summed E-state index contributed by atoms with van der Waals surface area (Å²) in [6.45, 7) is 1.56. The molecule has 1 aliphatic heterocycles. The van der Waals surface area contributed by atoms with Gasteiger partial charge in [-0.2, -0.15) is 0 Å². The number of piperidine rings is 1. The largest absolute Gasteiger partial charge is 0.384 e. The number of nitrogens with zero attached hydrogens (tertiary/aromatic N) is 1. The highest BCUT2D eigenvalue weighted by Crippen LogP contribution is 2.15. The first kappa shape index (κ1) is 16.9. The maximum absolute atomic E-state index is 12.2. The molecule has 0 aromatic heterocycles. The number of nitrogens with one attached hydrogen (secondary N) is 1. The van der Waals surface area contributed by atoms with E-state index >= 15 is 0 Å². The van der Waals surface area contributed by atoms with Crippen molar-refractivity contribution in [2.24, 2.45) is 0 Å². The normalized spacial score (nSPS) is 16.7. The number of likely N-dealkylation sites (tertiary alicyclic amines) is 1. The Balaban J connectivity index is 1.86. The number of hydrogen-bond acceptors (Lipinski definition) is 4. The number of carbonyl (C=O) groups is 1. The van der Waals surface area contributed by atoms with E-state index in [-0.39, 0.29) is 16.8 Å². The summed E-state index contributed by atoms with van der Waals surface area (Å²) >= 11 is 0. The maximum Gasteiger partial charge on any atom is 0.240 e. The molecule has 0 aliphatic carbocycles. The summed E-state index contributed by atoms with van der Waals surface area (Å²) in [5, 5.41) is 0. The number of sulfonamides is 1. The van der Waals surface area contributed by atoms with E-state index < -0.39 is 10.0 Å². The van der Waals surface area contributed by atoms with Crippen molar-refractivity contribution in [3.05, 3.63) is 30.3 Å². The van der Waals surface area contributed by atoms with Crippen LogP contribution in [0.1, 0.15) is 19.3 Å². The molecule has 0 spiro atoms. The molecule has 6 nitrogen and oxygen atoms in total. The standard InChI is InChI=1S/C15H22N2O4S/c1-21-12-9-15(18)17-10-7-13(8-11-17)16-22(19,20)14-5-3-2-4-6-14/h2-6,13,16H,7-12H2,1H3. The molecule has 1 saturated heterocycles. The van der Waals surface area contributed by atoms with Crippen molar-refractivity contribution in [2.75, 3.05) is 26.8 Å².